The molecule has 5 nitrogen and oxygen atoms in total. The average Bonchev–Trinajstić information content (AvgIpc) is 2.79. The van der Waals surface area contributed by atoms with Gasteiger partial charge < -0.3 is 9.88 Å². The molecule has 0 aliphatic carbocycles. The Morgan fingerprint density at radius 1 is 0.941 bits per heavy atom. The molecule has 0 spiro atoms. The molecule has 0 atom stereocenters. The number of hydrogen-bond acceptors (Lipinski definition) is 3. The number of halogens is 4. The van der Waals surface area contributed by atoms with Crippen molar-refractivity contribution in [3.05, 3.63) is 87.1 Å². The zero-order valence-electron chi connectivity index (χ0n) is 18.8. The normalized spacial score (nSPS) is 14.1. The maximum atomic E-state index is 14.1. The maximum absolute atomic E-state index is 14.1. The smallest absolute Gasteiger partial charge is 0.324 e. The van der Waals surface area contributed by atoms with E-state index in [1.807, 2.05) is 20.8 Å². The lowest BCUT2D eigenvalue weighted by molar-refractivity contribution is -0.137. The molecule has 0 fully saturated rings. The lowest BCUT2D eigenvalue weighted by atomic mass is 9.97. The monoisotopic (exact) mass is 473 g/mol. The van der Waals surface area contributed by atoms with Gasteiger partial charge in [0, 0.05) is 17.4 Å². The number of pyridine rings is 1. The predicted molar refractivity (Wildman–Crippen MR) is 122 cm³/mol. The van der Waals surface area contributed by atoms with Gasteiger partial charge in [0.15, 0.2) is 0 Å². The first-order valence-corrected chi connectivity index (χ1v) is 10.8. The fourth-order valence-electron chi connectivity index (χ4n) is 4.20. The van der Waals surface area contributed by atoms with E-state index >= 15 is 0 Å². The number of benzene rings is 2. The fourth-order valence-corrected chi connectivity index (χ4v) is 4.20. The van der Waals surface area contributed by atoms with Crippen molar-refractivity contribution in [2.24, 2.45) is 0 Å². The molecule has 3 aromatic rings. The van der Waals surface area contributed by atoms with Crippen molar-refractivity contribution in [2.45, 2.75) is 39.3 Å². The zero-order valence-corrected chi connectivity index (χ0v) is 18.8. The number of fused-ring (bicyclic) bond motifs is 1. The molecule has 0 unspecified atom stereocenters. The highest BCUT2D eigenvalue weighted by Crippen LogP contribution is 2.42. The minimum atomic E-state index is -4.60. The van der Waals surface area contributed by atoms with E-state index in [1.165, 1.54) is 35.2 Å². The number of carbonyl (C=O) groups excluding carboxylic acids is 1. The van der Waals surface area contributed by atoms with Crippen molar-refractivity contribution in [3.63, 3.8) is 0 Å². The number of rotatable bonds is 4. The lowest BCUT2D eigenvalue weighted by Crippen LogP contribution is -2.46. The maximum Gasteiger partial charge on any atom is 0.416 e. The van der Waals surface area contributed by atoms with Crippen molar-refractivity contribution in [2.75, 3.05) is 16.5 Å². The quantitative estimate of drug-likeness (QED) is 0.475. The number of aromatic amines is 1. The van der Waals surface area contributed by atoms with Crippen molar-refractivity contribution in [3.8, 4) is 0 Å². The number of H-pyrrole nitrogens is 1. The summed E-state index contributed by atoms with van der Waals surface area (Å²) in [5.41, 5.74) is 1.03. The summed E-state index contributed by atoms with van der Waals surface area (Å²) in [5.74, 6) is -1.09. The zero-order chi connectivity index (χ0) is 24.8. The highest BCUT2D eigenvalue weighted by atomic mass is 19.4. The first-order valence-electron chi connectivity index (χ1n) is 10.8. The molecule has 178 valence electrons. The Morgan fingerprint density at radius 2 is 1.65 bits per heavy atom. The van der Waals surface area contributed by atoms with Crippen LogP contribution in [0.5, 0.6) is 0 Å². The van der Waals surface area contributed by atoms with E-state index in [4.69, 9.17) is 0 Å². The number of hydrogen-bond donors (Lipinski definition) is 1. The summed E-state index contributed by atoms with van der Waals surface area (Å²) in [5, 5.41) is 0. The molecule has 34 heavy (non-hydrogen) atoms. The van der Waals surface area contributed by atoms with Crippen LogP contribution in [0.15, 0.2) is 53.3 Å². The molecular weight excluding hydrogens is 450 g/mol. The third kappa shape index (κ3) is 4.18. The number of nitrogens with zero attached hydrogens (tertiary/aromatic N) is 2. The van der Waals surface area contributed by atoms with Crippen LogP contribution in [0, 0.1) is 5.82 Å². The molecule has 0 saturated carbocycles. The van der Waals surface area contributed by atoms with Gasteiger partial charge in [-0.3, -0.25) is 14.5 Å². The molecule has 1 aromatic heterocycles. The number of nitrogens with one attached hydrogen (secondary N) is 1. The first kappa shape index (κ1) is 23.5. The molecule has 2 heterocycles. The molecule has 0 bridgehead atoms. The number of carbonyl (C=O) groups is 1. The van der Waals surface area contributed by atoms with Crippen LogP contribution in [0.4, 0.5) is 34.6 Å². The van der Waals surface area contributed by atoms with Crippen LogP contribution in [0.1, 0.15) is 53.9 Å². The van der Waals surface area contributed by atoms with Crippen molar-refractivity contribution in [1.82, 2.24) is 4.98 Å². The topological polar surface area (TPSA) is 56.4 Å². The van der Waals surface area contributed by atoms with Crippen molar-refractivity contribution >= 4 is 23.0 Å². The van der Waals surface area contributed by atoms with E-state index in [0.717, 1.165) is 18.2 Å². The van der Waals surface area contributed by atoms with Gasteiger partial charge in [-0.1, -0.05) is 20.8 Å². The Labute approximate surface area is 193 Å². The van der Waals surface area contributed by atoms with Crippen LogP contribution < -0.4 is 15.4 Å². The molecule has 1 amide bonds. The molecule has 0 radical (unpaired) electrons. The van der Waals surface area contributed by atoms with Gasteiger partial charge in [-0.25, -0.2) is 4.39 Å². The average molecular weight is 473 g/mol. The second-order valence-electron chi connectivity index (χ2n) is 8.43. The molecule has 1 N–H and O–H groups in total. The molecule has 1 aliphatic heterocycles. The summed E-state index contributed by atoms with van der Waals surface area (Å²) in [7, 11) is 0. The summed E-state index contributed by atoms with van der Waals surface area (Å²) in [6, 6.07) is 9.92. The van der Waals surface area contributed by atoms with Gasteiger partial charge in [-0.15, -0.1) is 0 Å². The van der Waals surface area contributed by atoms with Gasteiger partial charge in [-0.2, -0.15) is 13.2 Å². The predicted octanol–water partition coefficient (Wildman–Crippen LogP) is 5.97. The number of aromatic nitrogens is 1. The van der Waals surface area contributed by atoms with E-state index in [2.05, 4.69) is 4.98 Å². The van der Waals surface area contributed by atoms with Gasteiger partial charge in [0.25, 0.3) is 5.91 Å². The Morgan fingerprint density at radius 3 is 2.29 bits per heavy atom. The third-order valence-corrected chi connectivity index (χ3v) is 5.90. The second-order valence-corrected chi connectivity index (χ2v) is 8.43. The van der Waals surface area contributed by atoms with Crippen molar-refractivity contribution in [1.29, 1.82) is 0 Å². The Kier molecular flexibility index (Phi) is 5.97. The number of anilines is 3. The Hall–Kier alpha value is -3.62. The van der Waals surface area contributed by atoms with E-state index in [9.17, 15) is 27.2 Å². The van der Waals surface area contributed by atoms with Crippen LogP contribution >= 0.6 is 0 Å². The largest absolute Gasteiger partial charge is 0.416 e. The van der Waals surface area contributed by atoms with E-state index < -0.39 is 23.5 Å². The van der Waals surface area contributed by atoms with Crippen LogP contribution in [-0.4, -0.2) is 17.6 Å². The fraction of sp³-hybridized carbons (Fsp3) is 0.280. The van der Waals surface area contributed by atoms with Gasteiger partial charge >= 0.3 is 6.18 Å². The van der Waals surface area contributed by atoms with Gasteiger partial charge in [0.1, 0.15) is 12.5 Å². The van der Waals surface area contributed by atoms with Crippen LogP contribution in [0.3, 0.4) is 0 Å². The number of alkyl halides is 3. The first-order chi connectivity index (χ1) is 16.0. The SMILES string of the molecule is CCc1[nH]c(=O)ccc1N1CN(c2ccc(F)cc2C(C)C)c2cc(C(F)(F)F)ccc2C1=O. The summed E-state index contributed by atoms with van der Waals surface area (Å²) in [6.45, 7) is 5.42. The summed E-state index contributed by atoms with van der Waals surface area (Å²) < 4.78 is 54.6. The molecule has 4 rings (SSSR count). The van der Waals surface area contributed by atoms with Gasteiger partial charge in [0.2, 0.25) is 5.56 Å². The van der Waals surface area contributed by atoms with E-state index in [0.29, 0.717) is 29.1 Å². The Balaban J connectivity index is 1.96. The number of aryl methyl sites for hydroxylation is 1. The minimum absolute atomic E-state index is 0.0755. The molecule has 9 heteroatoms. The number of amides is 1. The van der Waals surface area contributed by atoms with Gasteiger partial charge in [-0.05, 0) is 60.4 Å². The van der Waals surface area contributed by atoms with E-state index in [-0.39, 0.29) is 29.4 Å². The summed E-state index contributed by atoms with van der Waals surface area (Å²) in [6.07, 6.45) is -4.16. The van der Waals surface area contributed by atoms with Crippen LogP contribution in [-0.2, 0) is 12.6 Å². The summed E-state index contributed by atoms with van der Waals surface area (Å²) >= 11 is 0. The highest BCUT2D eigenvalue weighted by Gasteiger charge is 2.37. The Bertz CT molecular complexity index is 1310. The van der Waals surface area contributed by atoms with E-state index in [1.54, 1.807) is 4.90 Å². The van der Waals surface area contributed by atoms with Gasteiger partial charge in [0.05, 0.1) is 22.5 Å². The second kappa shape index (κ2) is 8.62. The lowest BCUT2D eigenvalue weighted by Gasteiger charge is -2.40. The molecule has 2 aromatic carbocycles. The highest BCUT2D eigenvalue weighted by molar-refractivity contribution is 6.13. The van der Waals surface area contributed by atoms with Crippen molar-refractivity contribution < 1.29 is 22.4 Å². The molecule has 0 saturated heterocycles. The van der Waals surface area contributed by atoms with Crippen LogP contribution in [0.2, 0.25) is 0 Å². The summed E-state index contributed by atoms with van der Waals surface area (Å²) in [4.78, 5) is 31.0. The third-order valence-electron chi connectivity index (χ3n) is 5.90. The minimum Gasteiger partial charge on any atom is -0.324 e. The molecular formula is C25H23F4N3O2. The standard InChI is InChI=1S/C25H23F4N3O2/c1-4-19-21(9-10-23(33)30-19)32-13-31(20-8-6-16(26)12-18(20)14(2)3)22-11-15(25(27,28)29)5-7-17(22)24(32)34/h5-12,14H,4,13H2,1-3H3,(H,30,33). The molecule has 1 aliphatic rings. The van der Waals surface area contributed by atoms with Crippen LogP contribution in [0.25, 0.3) is 0 Å².